The van der Waals surface area contributed by atoms with E-state index in [1.165, 1.54) is 4.52 Å². The molecule has 0 amide bonds. The Morgan fingerprint density at radius 2 is 1.87 bits per heavy atom. The van der Waals surface area contributed by atoms with Gasteiger partial charge in [0.25, 0.3) is 21.0 Å². The molecule has 0 atom stereocenters. The first-order valence-corrected chi connectivity index (χ1v) is 8.69. The summed E-state index contributed by atoms with van der Waals surface area (Å²) in [5.74, 6) is 0.187. The molecule has 0 saturated heterocycles. The Bertz CT molecular complexity index is 1020. The lowest BCUT2D eigenvalue weighted by atomic mass is 10.2. The Labute approximate surface area is 142 Å². The molecule has 10 heteroatoms. The third kappa shape index (κ3) is 2.97. The monoisotopic (exact) mass is 371 g/mol. The van der Waals surface area contributed by atoms with Gasteiger partial charge in [-0.2, -0.15) is 13.4 Å². The number of hydrogen-bond acceptors (Lipinski definition) is 5. The molecule has 0 aliphatic heterocycles. The van der Waals surface area contributed by atoms with Crippen molar-refractivity contribution in [3.63, 3.8) is 0 Å². The normalized spacial score (nSPS) is 11.8. The lowest BCUT2D eigenvalue weighted by molar-refractivity contribution is 0.592. The van der Waals surface area contributed by atoms with Crippen LogP contribution in [-0.2, 0) is 10.0 Å². The maximum absolute atomic E-state index is 12.5. The number of anilines is 1. The number of rotatable bonds is 3. The van der Waals surface area contributed by atoms with Crippen molar-refractivity contribution in [3.8, 4) is 0 Å². The van der Waals surface area contributed by atoms with E-state index in [4.69, 9.17) is 23.2 Å². The predicted molar refractivity (Wildman–Crippen MR) is 87.5 cm³/mol. The van der Waals surface area contributed by atoms with E-state index in [0.29, 0.717) is 11.3 Å². The van der Waals surface area contributed by atoms with Gasteiger partial charge in [0.15, 0.2) is 0 Å². The van der Waals surface area contributed by atoms with Crippen molar-refractivity contribution in [2.45, 2.75) is 19.0 Å². The van der Waals surface area contributed by atoms with E-state index < -0.39 is 15.2 Å². The Kier molecular flexibility index (Phi) is 3.91. The van der Waals surface area contributed by atoms with Crippen molar-refractivity contribution >= 4 is 44.7 Å². The average Bonchev–Trinajstić information content (AvgIpc) is 2.91. The van der Waals surface area contributed by atoms with Crippen molar-refractivity contribution in [1.82, 2.24) is 19.6 Å². The van der Waals surface area contributed by atoms with Crippen molar-refractivity contribution < 1.29 is 8.42 Å². The molecule has 0 aliphatic rings. The molecule has 1 aromatic carbocycles. The van der Waals surface area contributed by atoms with E-state index in [2.05, 4.69) is 19.8 Å². The standard InChI is InChI=1S/C13H11Cl2N5O2S/c1-7-3-4-9(14)11(10(7)15)19-23(21,22)13-17-12-16-8(2)5-6-20(12)18-13/h3-6,19H,1-2H3. The van der Waals surface area contributed by atoms with Crippen LogP contribution in [0.25, 0.3) is 5.78 Å². The van der Waals surface area contributed by atoms with E-state index >= 15 is 0 Å². The number of halogens is 2. The average molecular weight is 372 g/mol. The number of aromatic nitrogens is 4. The highest BCUT2D eigenvalue weighted by atomic mass is 35.5. The summed E-state index contributed by atoms with van der Waals surface area (Å²) < 4.78 is 28.6. The van der Waals surface area contributed by atoms with Crippen LogP contribution in [0.1, 0.15) is 11.3 Å². The molecule has 120 valence electrons. The minimum absolute atomic E-state index is 0.0938. The topological polar surface area (TPSA) is 89.3 Å². The molecule has 0 spiro atoms. The Morgan fingerprint density at radius 3 is 2.61 bits per heavy atom. The first-order valence-electron chi connectivity index (χ1n) is 6.45. The Balaban J connectivity index is 2.06. The molecule has 2 heterocycles. The summed E-state index contributed by atoms with van der Waals surface area (Å²) in [5, 5.41) is 3.90. The minimum Gasteiger partial charge on any atom is -0.274 e. The van der Waals surface area contributed by atoms with Gasteiger partial charge >= 0.3 is 0 Å². The molecule has 2 aromatic heterocycles. The molecule has 0 saturated carbocycles. The zero-order chi connectivity index (χ0) is 16.8. The number of sulfonamides is 1. The van der Waals surface area contributed by atoms with Gasteiger partial charge in [-0.25, -0.2) is 9.50 Å². The van der Waals surface area contributed by atoms with E-state index in [9.17, 15) is 8.42 Å². The Hall–Kier alpha value is -1.90. The van der Waals surface area contributed by atoms with Gasteiger partial charge in [0.2, 0.25) is 0 Å². The molecular formula is C13H11Cl2N5O2S. The van der Waals surface area contributed by atoms with Crippen molar-refractivity contribution in [2.75, 3.05) is 4.72 Å². The fourth-order valence-electron chi connectivity index (χ4n) is 1.89. The summed E-state index contributed by atoms with van der Waals surface area (Å²) in [6.07, 6.45) is 1.58. The summed E-state index contributed by atoms with van der Waals surface area (Å²) in [6, 6.07) is 4.95. The van der Waals surface area contributed by atoms with Gasteiger partial charge in [0.1, 0.15) is 0 Å². The second kappa shape index (κ2) is 5.63. The summed E-state index contributed by atoms with van der Waals surface area (Å²) in [6.45, 7) is 3.51. The number of aryl methyl sites for hydroxylation is 2. The summed E-state index contributed by atoms with van der Waals surface area (Å²) in [5.41, 5.74) is 1.48. The zero-order valence-corrected chi connectivity index (χ0v) is 14.4. The van der Waals surface area contributed by atoms with Crippen LogP contribution in [0.3, 0.4) is 0 Å². The quantitative estimate of drug-likeness (QED) is 0.764. The van der Waals surface area contributed by atoms with Crippen molar-refractivity contribution in [2.24, 2.45) is 0 Å². The molecule has 0 radical (unpaired) electrons. The van der Waals surface area contributed by atoms with Crippen LogP contribution in [0.2, 0.25) is 10.0 Å². The van der Waals surface area contributed by atoms with Crippen molar-refractivity contribution in [1.29, 1.82) is 0 Å². The predicted octanol–water partition coefficient (Wildman–Crippen LogP) is 2.85. The highest BCUT2D eigenvalue weighted by molar-refractivity contribution is 7.92. The summed E-state index contributed by atoms with van der Waals surface area (Å²) in [4.78, 5) is 8.04. The van der Waals surface area contributed by atoms with Crippen LogP contribution in [0.5, 0.6) is 0 Å². The molecular weight excluding hydrogens is 361 g/mol. The zero-order valence-electron chi connectivity index (χ0n) is 12.1. The number of fused-ring (bicyclic) bond motifs is 1. The third-order valence-corrected chi connectivity index (χ3v) is 5.02. The van der Waals surface area contributed by atoms with Gasteiger partial charge in [-0.05, 0) is 31.5 Å². The maximum atomic E-state index is 12.5. The van der Waals surface area contributed by atoms with E-state index in [1.807, 2.05) is 0 Å². The largest absolute Gasteiger partial charge is 0.299 e. The molecule has 3 rings (SSSR count). The molecule has 1 N–H and O–H groups in total. The summed E-state index contributed by atoms with van der Waals surface area (Å²) >= 11 is 12.1. The van der Waals surface area contributed by atoms with Crippen LogP contribution in [0.15, 0.2) is 29.6 Å². The van der Waals surface area contributed by atoms with E-state index in [0.717, 1.165) is 0 Å². The molecule has 0 bridgehead atoms. The highest BCUT2D eigenvalue weighted by Gasteiger charge is 2.24. The van der Waals surface area contributed by atoms with Crippen LogP contribution in [0, 0.1) is 13.8 Å². The number of benzene rings is 1. The van der Waals surface area contributed by atoms with Crippen LogP contribution in [0.4, 0.5) is 5.69 Å². The highest BCUT2D eigenvalue weighted by Crippen LogP contribution is 2.34. The van der Waals surface area contributed by atoms with Gasteiger partial charge in [-0.1, -0.05) is 29.3 Å². The van der Waals surface area contributed by atoms with Crippen LogP contribution < -0.4 is 4.72 Å². The van der Waals surface area contributed by atoms with Crippen LogP contribution in [-0.4, -0.2) is 28.0 Å². The van der Waals surface area contributed by atoms with Gasteiger partial charge in [0.05, 0.1) is 15.7 Å². The Morgan fingerprint density at radius 1 is 1.13 bits per heavy atom. The van der Waals surface area contributed by atoms with Gasteiger partial charge in [0, 0.05) is 11.9 Å². The molecule has 0 aliphatic carbocycles. The summed E-state index contributed by atoms with van der Waals surface area (Å²) in [7, 11) is -4.05. The molecule has 3 aromatic rings. The second-order valence-electron chi connectivity index (χ2n) is 4.87. The van der Waals surface area contributed by atoms with Gasteiger partial charge < -0.3 is 0 Å². The number of nitrogens with one attached hydrogen (secondary N) is 1. The van der Waals surface area contributed by atoms with E-state index in [-0.39, 0.29) is 21.5 Å². The fourth-order valence-corrected chi connectivity index (χ4v) is 3.44. The third-order valence-electron chi connectivity index (χ3n) is 3.09. The number of hydrogen-bond donors (Lipinski definition) is 1. The van der Waals surface area contributed by atoms with Crippen LogP contribution >= 0.6 is 23.2 Å². The minimum atomic E-state index is -4.05. The first-order chi connectivity index (χ1) is 10.8. The second-order valence-corrected chi connectivity index (χ2v) is 7.23. The molecule has 0 fully saturated rings. The van der Waals surface area contributed by atoms with Gasteiger partial charge in [-0.15, -0.1) is 5.10 Å². The molecule has 0 unspecified atom stereocenters. The lowest BCUT2D eigenvalue weighted by Crippen LogP contribution is -2.15. The SMILES string of the molecule is Cc1ccn2nc(S(=O)(=O)Nc3c(Cl)ccc(C)c3Cl)nc2n1. The van der Waals surface area contributed by atoms with Gasteiger partial charge in [-0.3, -0.25) is 4.72 Å². The first kappa shape index (κ1) is 16.0. The maximum Gasteiger partial charge on any atom is 0.299 e. The molecule has 23 heavy (non-hydrogen) atoms. The fraction of sp³-hybridized carbons (Fsp3) is 0.154. The lowest BCUT2D eigenvalue weighted by Gasteiger charge is -2.10. The molecule has 7 nitrogen and oxygen atoms in total. The van der Waals surface area contributed by atoms with Crippen molar-refractivity contribution in [3.05, 3.63) is 45.7 Å². The number of nitrogens with zero attached hydrogens (tertiary/aromatic N) is 4. The van der Waals surface area contributed by atoms with E-state index in [1.54, 1.807) is 38.2 Å². The smallest absolute Gasteiger partial charge is 0.274 e.